The molecule has 0 aliphatic rings. The molecule has 7 nitrogen and oxygen atoms in total. The van der Waals surface area contributed by atoms with Gasteiger partial charge in [-0.2, -0.15) is 0 Å². The topological polar surface area (TPSA) is 90.5 Å². The minimum absolute atomic E-state index is 0.568. The summed E-state index contributed by atoms with van der Waals surface area (Å²) in [5, 5.41) is 1.93. The Kier molecular flexibility index (Phi) is 8.00. The third-order valence-electron chi connectivity index (χ3n) is 9.60. The van der Waals surface area contributed by atoms with Crippen LogP contribution in [0.1, 0.15) is 0 Å². The molecule has 7 heteroatoms. The first-order chi connectivity index (χ1) is 27.2. The van der Waals surface area contributed by atoms with E-state index in [9.17, 15) is 0 Å². The first-order valence-electron chi connectivity index (χ1n) is 18.0. The number of nitrogens with zero attached hydrogens (tertiary/aromatic N) is 6. The first kappa shape index (κ1) is 32.0. The van der Waals surface area contributed by atoms with Crippen molar-refractivity contribution in [3.05, 3.63) is 182 Å². The van der Waals surface area contributed by atoms with Crippen molar-refractivity contribution in [2.24, 2.45) is 0 Å². The highest BCUT2D eigenvalue weighted by molar-refractivity contribution is 6.07. The molecule has 0 amide bonds. The van der Waals surface area contributed by atoms with Gasteiger partial charge in [-0.15, -0.1) is 0 Å². The van der Waals surface area contributed by atoms with Gasteiger partial charge in [0.05, 0.1) is 0 Å². The fourth-order valence-electron chi connectivity index (χ4n) is 6.79. The van der Waals surface area contributed by atoms with Gasteiger partial charge in [-0.3, -0.25) is 0 Å². The summed E-state index contributed by atoms with van der Waals surface area (Å²) in [4.78, 5) is 29.6. The van der Waals surface area contributed by atoms with Gasteiger partial charge in [0.25, 0.3) is 0 Å². The summed E-state index contributed by atoms with van der Waals surface area (Å²) in [7, 11) is 0. The highest BCUT2D eigenvalue weighted by atomic mass is 16.3. The van der Waals surface area contributed by atoms with Crippen molar-refractivity contribution in [2.75, 3.05) is 0 Å². The molecule has 0 saturated carbocycles. The van der Waals surface area contributed by atoms with Gasteiger partial charge in [0.2, 0.25) is 0 Å². The van der Waals surface area contributed by atoms with E-state index in [0.717, 1.165) is 66.4 Å². The molecule has 0 saturated heterocycles. The van der Waals surface area contributed by atoms with Crippen molar-refractivity contribution in [3.8, 4) is 79.5 Å². The molecule has 0 aliphatic carbocycles. The van der Waals surface area contributed by atoms with E-state index in [-0.39, 0.29) is 0 Å². The second-order valence-electron chi connectivity index (χ2n) is 13.2. The van der Waals surface area contributed by atoms with Gasteiger partial charge >= 0.3 is 0 Å². The van der Waals surface area contributed by atoms with Crippen LogP contribution in [0.3, 0.4) is 0 Å². The van der Waals surface area contributed by atoms with Crippen LogP contribution in [0.2, 0.25) is 0 Å². The van der Waals surface area contributed by atoms with Crippen molar-refractivity contribution in [2.45, 2.75) is 0 Å². The van der Waals surface area contributed by atoms with Gasteiger partial charge in [0, 0.05) is 44.2 Å². The number of hydrogen-bond donors (Lipinski definition) is 0. The van der Waals surface area contributed by atoms with Crippen LogP contribution in [0.25, 0.3) is 101 Å². The van der Waals surface area contributed by atoms with Crippen LogP contribution < -0.4 is 0 Å². The predicted octanol–water partition coefficient (Wildman–Crippen LogP) is 11.6. The zero-order chi connectivity index (χ0) is 36.6. The van der Waals surface area contributed by atoms with Gasteiger partial charge < -0.3 is 4.42 Å². The molecule has 0 radical (unpaired) electrons. The second kappa shape index (κ2) is 13.7. The molecule has 55 heavy (non-hydrogen) atoms. The van der Waals surface area contributed by atoms with Crippen LogP contribution in [0.4, 0.5) is 0 Å². The zero-order valence-electron chi connectivity index (χ0n) is 29.4. The van der Waals surface area contributed by atoms with Crippen LogP contribution in [-0.4, -0.2) is 29.9 Å². The normalized spacial score (nSPS) is 11.3. The molecule has 258 valence electrons. The summed E-state index contributed by atoms with van der Waals surface area (Å²) < 4.78 is 6.44. The Bertz CT molecular complexity index is 2890. The summed E-state index contributed by atoms with van der Waals surface area (Å²) in [6.45, 7) is 0. The van der Waals surface area contributed by atoms with E-state index >= 15 is 0 Å². The third-order valence-corrected chi connectivity index (χ3v) is 9.60. The van der Waals surface area contributed by atoms with Crippen LogP contribution >= 0.6 is 0 Å². The Balaban J connectivity index is 1.05. The number of benzene rings is 7. The lowest BCUT2D eigenvalue weighted by Gasteiger charge is -2.09. The highest BCUT2D eigenvalue weighted by Gasteiger charge is 2.17. The highest BCUT2D eigenvalue weighted by Crippen LogP contribution is 2.35. The molecule has 0 fully saturated rings. The van der Waals surface area contributed by atoms with Gasteiger partial charge in [-0.05, 0) is 41.5 Å². The molecule has 0 unspecified atom stereocenters. The minimum Gasteiger partial charge on any atom is -0.456 e. The molecular formula is C48H30N6O. The maximum atomic E-state index is 6.44. The van der Waals surface area contributed by atoms with Crippen LogP contribution in [-0.2, 0) is 0 Å². The predicted molar refractivity (Wildman–Crippen MR) is 219 cm³/mol. The van der Waals surface area contributed by atoms with Gasteiger partial charge in [0.15, 0.2) is 34.9 Å². The lowest BCUT2D eigenvalue weighted by Crippen LogP contribution is -2.00. The zero-order valence-corrected chi connectivity index (χ0v) is 29.4. The first-order valence-corrected chi connectivity index (χ1v) is 18.0. The number of aromatic nitrogens is 6. The summed E-state index contributed by atoms with van der Waals surface area (Å²) in [6.07, 6.45) is 0. The number of rotatable bonds is 7. The molecule has 0 aliphatic heterocycles. The van der Waals surface area contributed by atoms with E-state index in [1.54, 1.807) is 0 Å². The minimum atomic E-state index is 0.568. The Morgan fingerprint density at radius 1 is 0.236 bits per heavy atom. The largest absolute Gasteiger partial charge is 0.456 e. The Hall–Kier alpha value is -7.64. The van der Waals surface area contributed by atoms with Gasteiger partial charge in [0.1, 0.15) is 11.2 Å². The molecule has 3 heterocycles. The van der Waals surface area contributed by atoms with Crippen molar-refractivity contribution < 1.29 is 4.42 Å². The summed E-state index contributed by atoms with van der Waals surface area (Å²) in [5.41, 5.74) is 9.13. The SMILES string of the molecule is c1ccc(-c2ccc(-c3nc(-c4ccccc4)nc(-c4ccc5oc6cc(-c7nc(-c8ccccc8)nc(-c8ccccc8)n7)ccc6c5c4)n3)cc2)cc1. The van der Waals surface area contributed by atoms with Crippen LogP contribution in [0, 0.1) is 0 Å². The molecular weight excluding hydrogens is 677 g/mol. The summed E-state index contributed by atoms with van der Waals surface area (Å²) >= 11 is 0. The van der Waals surface area contributed by atoms with Crippen LogP contribution in [0.5, 0.6) is 0 Å². The monoisotopic (exact) mass is 706 g/mol. The van der Waals surface area contributed by atoms with Crippen molar-refractivity contribution in [3.63, 3.8) is 0 Å². The van der Waals surface area contributed by atoms with E-state index in [0.29, 0.717) is 34.9 Å². The lowest BCUT2D eigenvalue weighted by atomic mass is 10.0. The van der Waals surface area contributed by atoms with E-state index < -0.39 is 0 Å². The van der Waals surface area contributed by atoms with E-state index in [4.69, 9.17) is 34.3 Å². The maximum absolute atomic E-state index is 6.44. The molecule has 0 N–H and O–H groups in total. The average Bonchev–Trinajstić information content (AvgIpc) is 3.65. The fraction of sp³-hybridized carbons (Fsp3) is 0. The van der Waals surface area contributed by atoms with Crippen molar-refractivity contribution in [1.82, 2.24) is 29.9 Å². The Labute approximate surface area is 316 Å². The molecule has 0 atom stereocenters. The summed E-state index contributed by atoms with van der Waals surface area (Å²) in [6, 6.07) is 60.8. The Morgan fingerprint density at radius 3 is 1.04 bits per heavy atom. The maximum Gasteiger partial charge on any atom is 0.164 e. The van der Waals surface area contributed by atoms with E-state index in [1.165, 1.54) is 0 Å². The number of fused-ring (bicyclic) bond motifs is 3. The quantitative estimate of drug-likeness (QED) is 0.163. The van der Waals surface area contributed by atoms with E-state index in [2.05, 4.69) is 48.5 Å². The van der Waals surface area contributed by atoms with Crippen molar-refractivity contribution in [1.29, 1.82) is 0 Å². The van der Waals surface area contributed by atoms with Gasteiger partial charge in [-0.1, -0.05) is 152 Å². The van der Waals surface area contributed by atoms with E-state index in [1.807, 2.05) is 133 Å². The number of hydrogen-bond acceptors (Lipinski definition) is 7. The summed E-state index contributed by atoms with van der Waals surface area (Å²) in [5.74, 6) is 3.58. The molecule has 0 bridgehead atoms. The standard InChI is InChI=1S/C48H30N6O/c1-5-13-31(14-6-1)32-21-23-36(24-22-32)46-50-45(35-19-11-4-12-20-35)51-47(54-46)37-26-28-41-40(29-37)39-27-25-38(30-42(39)55-41)48-52-43(33-15-7-2-8-16-33)49-44(53-48)34-17-9-3-10-18-34/h1-30H. The second-order valence-corrected chi connectivity index (χ2v) is 13.2. The molecule has 7 aromatic carbocycles. The Morgan fingerprint density at radius 2 is 0.564 bits per heavy atom. The molecule has 0 spiro atoms. The third kappa shape index (κ3) is 6.30. The fourth-order valence-corrected chi connectivity index (χ4v) is 6.79. The average molecular weight is 707 g/mol. The lowest BCUT2D eigenvalue weighted by molar-refractivity contribution is 0.669. The molecule has 10 aromatic rings. The van der Waals surface area contributed by atoms with Crippen molar-refractivity contribution >= 4 is 21.9 Å². The smallest absolute Gasteiger partial charge is 0.164 e. The number of furan rings is 1. The molecule has 3 aromatic heterocycles. The van der Waals surface area contributed by atoms with Gasteiger partial charge in [-0.25, -0.2) is 29.9 Å². The van der Waals surface area contributed by atoms with Crippen LogP contribution in [0.15, 0.2) is 186 Å². The molecule has 10 rings (SSSR count).